The maximum atomic E-state index is 4.09. The maximum Gasteiger partial charge on any atom is 0.0323 e. The Morgan fingerprint density at radius 2 is 2.00 bits per heavy atom. The van der Waals surface area contributed by atoms with E-state index in [0.29, 0.717) is 6.04 Å². The zero-order valence-corrected chi connectivity index (χ0v) is 10.2. The van der Waals surface area contributed by atoms with Crippen molar-refractivity contribution >= 4 is 0 Å². The van der Waals surface area contributed by atoms with Crippen LogP contribution in [0, 0.1) is 5.92 Å². The van der Waals surface area contributed by atoms with Crippen LogP contribution in [0.2, 0.25) is 0 Å². The topological polar surface area (TPSA) is 24.9 Å². The van der Waals surface area contributed by atoms with Gasteiger partial charge < -0.3 is 5.32 Å². The van der Waals surface area contributed by atoms with E-state index in [1.807, 2.05) is 12.4 Å². The van der Waals surface area contributed by atoms with Gasteiger partial charge in [0.1, 0.15) is 0 Å². The van der Waals surface area contributed by atoms with Gasteiger partial charge in [-0.15, -0.1) is 0 Å². The van der Waals surface area contributed by atoms with Crippen LogP contribution in [0.4, 0.5) is 0 Å². The third-order valence-corrected chi connectivity index (χ3v) is 3.60. The van der Waals surface area contributed by atoms with Gasteiger partial charge in [-0.25, -0.2) is 0 Å². The van der Waals surface area contributed by atoms with Gasteiger partial charge in [0.15, 0.2) is 0 Å². The third kappa shape index (κ3) is 3.05. The van der Waals surface area contributed by atoms with E-state index in [0.717, 1.165) is 12.5 Å². The highest BCUT2D eigenvalue weighted by Gasteiger charge is 2.20. The van der Waals surface area contributed by atoms with E-state index >= 15 is 0 Å². The van der Waals surface area contributed by atoms with Gasteiger partial charge in [-0.3, -0.25) is 4.98 Å². The molecule has 1 unspecified atom stereocenters. The number of rotatable bonds is 5. The van der Waals surface area contributed by atoms with Crippen LogP contribution in [0.1, 0.15) is 50.6 Å². The lowest BCUT2D eigenvalue weighted by Gasteiger charge is -2.21. The molecule has 1 fully saturated rings. The first-order valence-corrected chi connectivity index (χ1v) is 6.53. The van der Waals surface area contributed by atoms with Gasteiger partial charge in [-0.05, 0) is 36.6 Å². The SMILES string of the molecule is CCNC(CC1CCCC1)c1ccncc1. The molecule has 0 bridgehead atoms. The molecule has 0 aromatic carbocycles. The second-order valence-electron chi connectivity index (χ2n) is 4.78. The van der Waals surface area contributed by atoms with Gasteiger partial charge >= 0.3 is 0 Å². The van der Waals surface area contributed by atoms with Crippen molar-refractivity contribution in [3.05, 3.63) is 30.1 Å². The Bertz CT molecular complexity index is 291. The third-order valence-electron chi connectivity index (χ3n) is 3.60. The lowest BCUT2D eigenvalue weighted by atomic mass is 9.94. The maximum absolute atomic E-state index is 4.09. The summed E-state index contributed by atoms with van der Waals surface area (Å²) in [7, 11) is 0. The fourth-order valence-corrected chi connectivity index (χ4v) is 2.76. The Balaban J connectivity index is 1.99. The molecule has 1 heterocycles. The van der Waals surface area contributed by atoms with E-state index in [9.17, 15) is 0 Å². The van der Waals surface area contributed by atoms with E-state index < -0.39 is 0 Å². The van der Waals surface area contributed by atoms with Gasteiger partial charge in [0.25, 0.3) is 0 Å². The summed E-state index contributed by atoms with van der Waals surface area (Å²) in [5, 5.41) is 3.60. The molecular formula is C14H22N2. The van der Waals surface area contributed by atoms with Crippen molar-refractivity contribution in [2.45, 2.75) is 45.1 Å². The molecule has 2 heteroatoms. The van der Waals surface area contributed by atoms with Gasteiger partial charge in [0.05, 0.1) is 0 Å². The molecular weight excluding hydrogens is 196 g/mol. The molecule has 1 atom stereocenters. The minimum Gasteiger partial charge on any atom is -0.310 e. The van der Waals surface area contributed by atoms with E-state index in [2.05, 4.69) is 29.4 Å². The number of nitrogens with one attached hydrogen (secondary N) is 1. The highest BCUT2D eigenvalue weighted by atomic mass is 14.9. The lowest BCUT2D eigenvalue weighted by molar-refractivity contribution is 0.400. The molecule has 1 aliphatic carbocycles. The van der Waals surface area contributed by atoms with Gasteiger partial charge in [-0.1, -0.05) is 32.6 Å². The van der Waals surface area contributed by atoms with Crippen LogP contribution in [0.5, 0.6) is 0 Å². The summed E-state index contributed by atoms with van der Waals surface area (Å²) >= 11 is 0. The normalized spacial score (nSPS) is 18.8. The van der Waals surface area contributed by atoms with Crippen LogP contribution in [-0.4, -0.2) is 11.5 Å². The largest absolute Gasteiger partial charge is 0.310 e. The predicted octanol–water partition coefficient (Wildman–Crippen LogP) is 3.31. The second-order valence-corrected chi connectivity index (χ2v) is 4.78. The molecule has 0 aliphatic heterocycles. The van der Waals surface area contributed by atoms with Crippen LogP contribution in [0.3, 0.4) is 0 Å². The highest BCUT2D eigenvalue weighted by Crippen LogP contribution is 2.32. The summed E-state index contributed by atoms with van der Waals surface area (Å²) < 4.78 is 0. The monoisotopic (exact) mass is 218 g/mol. The first kappa shape index (κ1) is 11.6. The summed E-state index contributed by atoms with van der Waals surface area (Å²) in [4.78, 5) is 4.09. The van der Waals surface area contributed by atoms with Crippen LogP contribution in [-0.2, 0) is 0 Å². The Morgan fingerprint density at radius 1 is 1.31 bits per heavy atom. The smallest absolute Gasteiger partial charge is 0.0323 e. The summed E-state index contributed by atoms with van der Waals surface area (Å²) in [6.45, 7) is 3.22. The molecule has 0 radical (unpaired) electrons. The standard InChI is InChI=1S/C14H22N2/c1-2-16-14(11-12-5-3-4-6-12)13-7-9-15-10-8-13/h7-10,12,14,16H,2-6,11H2,1H3. The van der Waals surface area contributed by atoms with E-state index in [4.69, 9.17) is 0 Å². The molecule has 1 aromatic rings. The average Bonchev–Trinajstić information content (AvgIpc) is 2.83. The summed E-state index contributed by atoms with van der Waals surface area (Å²) in [5.41, 5.74) is 1.39. The van der Waals surface area contributed by atoms with Crippen molar-refractivity contribution in [3.8, 4) is 0 Å². The minimum atomic E-state index is 0.524. The molecule has 0 spiro atoms. The van der Waals surface area contributed by atoms with Crippen LogP contribution in [0.25, 0.3) is 0 Å². The molecule has 88 valence electrons. The Labute approximate surface area is 98.5 Å². The lowest BCUT2D eigenvalue weighted by Crippen LogP contribution is -2.23. The van der Waals surface area contributed by atoms with Gasteiger partial charge in [0, 0.05) is 18.4 Å². The predicted molar refractivity (Wildman–Crippen MR) is 67.2 cm³/mol. The highest BCUT2D eigenvalue weighted by molar-refractivity contribution is 5.15. The minimum absolute atomic E-state index is 0.524. The quantitative estimate of drug-likeness (QED) is 0.820. The first-order valence-electron chi connectivity index (χ1n) is 6.53. The molecule has 1 aliphatic rings. The van der Waals surface area contributed by atoms with Crippen molar-refractivity contribution in [2.24, 2.45) is 5.92 Å². The molecule has 0 saturated heterocycles. The second kappa shape index (κ2) is 6.00. The summed E-state index contributed by atoms with van der Waals surface area (Å²) in [6, 6.07) is 4.81. The number of hydrogen-bond donors (Lipinski definition) is 1. The number of aromatic nitrogens is 1. The van der Waals surface area contributed by atoms with Crippen molar-refractivity contribution in [1.29, 1.82) is 0 Å². The van der Waals surface area contributed by atoms with Crippen LogP contribution < -0.4 is 5.32 Å². The Kier molecular flexibility index (Phi) is 4.34. The molecule has 1 saturated carbocycles. The van der Waals surface area contributed by atoms with Crippen LogP contribution >= 0.6 is 0 Å². The van der Waals surface area contributed by atoms with Crippen molar-refractivity contribution in [2.75, 3.05) is 6.54 Å². The molecule has 2 nitrogen and oxygen atoms in total. The number of hydrogen-bond acceptors (Lipinski definition) is 2. The molecule has 1 aromatic heterocycles. The van der Waals surface area contributed by atoms with Gasteiger partial charge in [0.2, 0.25) is 0 Å². The Hall–Kier alpha value is -0.890. The summed E-state index contributed by atoms with van der Waals surface area (Å²) in [5.74, 6) is 0.928. The molecule has 0 amide bonds. The van der Waals surface area contributed by atoms with Crippen molar-refractivity contribution < 1.29 is 0 Å². The molecule has 2 rings (SSSR count). The fourth-order valence-electron chi connectivity index (χ4n) is 2.76. The number of nitrogens with zero attached hydrogens (tertiary/aromatic N) is 1. The average molecular weight is 218 g/mol. The van der Waals surface area contributed by atoms with Crippen molar-refractivity contribution in [3.63, 3.8) is 0 Å². The Morgan fingerprint density at radius 3 is 2.62 bits per heavy atom. The van der Waals surface area contributed by atoms with Gasteiger partial charge in [-0.2, -0.15) is 0 Å². The summed E-state index contributed by atoms with van der Waals surface area (Å²) in [6.07, 6.45) is 10.8. The van der Waals surface area contributed by atoms with Crippen molar-refractivity contribution in [1.82, 2.24) is 10.3 Å². The van der Waals surface area contributed by atoms with E-state index in [1.54, 1.807) is 0 Å². The number of pyridine rings is 1. The van der Waals surface area contributed by atoms with Crippen LogP contribution in [0.15, 0.2) is 24.5 Å². The fraction of sp³-hybridized carbons (Fsp3) is 0.643. The molecule has 1 N–H and O–H groups in total. The zero-order valence-electron chi connectivity index (χ0n) is 10.2. The van der Waals surface area contributed by atoms with E-state index in [1.165, 1.54) is 37.7 Å². The molecule has 16 heavy (non-hydrogen) atoms. The van der Waals surface area contributed by atoms with E-state index in [-0.39, 0.29) is 0 Å². The first-order chi connectivity index (χ1) is 7.90. The zero-order chi connectivity index (χ0) is 11.2.